The molecule has 1 aliphatic heterocycles. The van der Waals surface area contributed by atoms with Crippen molar-refractivity contribution in [3.8, 4) is 0 Å². The van der Waals surface area contributed by atoms with Gasteiger partial charge in [0.15, 0.2) is 5.78 Å². The average Bonchev–Trinajstić information content (AvgIpc) is 3.00. The van der Waals surface area contributed by atoms with Crippen LogP contribution in [0.3, 0.4) is 0 Å². The maximum atomic E-state index is 13.1. The Bertz CT molecular complexity index is 1080. The molecule has 2 heterocycles. The third-order valence-corrected chi connectivity index (χ3v) is 6.06. The number of aryl methyl sites for hydroxylation is 1. The highest BCUT2D eigenvalue weighted by atomic mass is 16.6. The Labute approximate surface area is 175 Å². The maximum absolute atomic E-state index is 13.1. The number of benzene rings is 2. The van der Waals surface area contributed by atoms with E-state index in [1.165, 1.54) is 0 Å². The van der Waals surface area contributed by atoms with Gasteiger partial charge < -0.3 is 4.57 Å². The number of nitrogens with zero attached hydrogens (tertiary/aromatic N) is 4. The Morgan fingerprint density at radius 3 is 2.30 bits per heavy atom. The highest BCUT2D eigenvalue weighted by Crippen LogP contribution is 2.25. The van der Waals surface area contributed by atoms with Crippen LogP contribution in [0.2, 0.25) is 0 Å². The zero-order valence-corrected chi connectivity index (χ0v) is 17.4. The molecule has 4 rings (SSSR count). The molecular formula is C23H26N4O3. The van der Waals surface area contributed by atoms with Crippen molar-refractivity contribution in [1.82, 2.24) is 14.4 Å². The van der Waals surface area contributed by atoms with Gasteiger partial charge in [0.1, 0.15) is 0 Å². The monoisotopic (exact) mass is 406 g/mol. The summed E-state index contributed by atoms with van der Waals surface area (Å²) in [4.78, 5) is 28.0. The van der Waals surface area contributed by atoms with Gasteiger partial charge in [-0.25, -0.2) is 0 Å². The summed E-state index contributed by atoms with van der Waals surface area (Å²) >= 11 is 0. The highest BCUT2D eigenvalue weighted by Gasteiger charge is 2.23. The number of Topliss-reactive ketones (excluding diaryl/α,β-unsaturated/α-hetero) is 1. The van der Waals surface area contributed by atoms with E-state index in [4.69, 9.17) is 0 Å². The van der Waals surface area contributed by atoms with Crippen molar-refractivity contribution in [2.45, 2.75) is 13.5 Å². The van der Waals surface area contributed by atoms with Gasteiger partial charge in [-0.15, -0.1) is 0 Å². The fourth-order valence-electron chi connectivity index (χ4n) is 4.24. The lowest BCUT2D eigenvalue weighted by Crippen LogP contribution is -2.47. The molecule has 2 aromatic carbocycles. The number of non-ortho nitro benzene ring substituents is 1. The lowest BCUT2D eigenvalue weighted by atomic mass is 10.1. The molecule has 156 valence electrons. The van der Waals surface area contributed by atoms with E-state index in [1.54, 1.807) is 12.1 Å². The molecule has 0 bridgehead atoms. The van der Waals surface area contributed by atoms with Crippen molar-refractivity contribution in [1.29, 1.82) is 0 Å². The van der Waals surface area contributed by atoms with Crippen molar-refractivity contribution in [3.05, 3.63) is 75.5 Å². The first-order valence-corrected chi connectivity index (χ1v) is 10.2. The Morgan fingerprint density at radius 1 is 1.00 bits per heavy atom. The minimum absolute atomic E-state index is 0.116. The molecule has 1 aliphatic rings. The van der Waals surface area contributed by atoms with Crippen LogP contribution in [0, 0.1) is 17.0 Å². The van der Waals surface area contributed by atoms with Gasteiger partial charge in [0.05, 0.1) is 11.5 Å². The van der Waals surface area contributed by atoms with E-state index in [-0.39, 0.29) is 16.4 Å². The molecule has 7 nitrogen and oxygen atoms in total. The second-order valence-corrected chi connectivity index (χ2v) is 7.94. The molecular weight excluding hydrogens is 380 g/mol. The van der Waals surface area contributed by atoms with E-state index in [2.05, 4.69) is 20.4 Å². The average molecular weight is 406 g/mol. The summed E-state index contributed by atoms with van der Waals surface area (Å²) in [5, 5.41) is 11.8. The predicted molar refractivity (Wildman–Crippen MR) is 117 cm³/mol. The molecule has 30 heavy (non-hydrogen) atoms. The lowest BCUT2D eigenvalue weighted by molar-refractivity contribution is -0.384. The molecule has 0 aliphatic carbocycles. The second kappa shape index (κ2) is 8.38. The molecule has 0 saturated carbocycles. The van der Waals surface area contributed by atoms with Crippen molar-refractivity contribution in [2.24, 2.45) is 7.05 Å². The summed E-state index contributed by atoms with van der Waals surface area (Å²) in [6, 6.07) is 14.8. The first-order chi connectivity index (χ1) is 14.4. The second-order valence-electron chi connectivity index (χ2n) is 7.94. The van der Waals surface area contributed by atoms with Crippen molar-refractivity contribution < 1.29 is 9.72 Å². The molecule has 0 N–H and O–H groups in total. The van der Waals surface area contributed by atoms with Crippen molar-refractivity contribution in [3.63, 3.8) is 0 Å². The molecule has 1 saturated heterocycles. The Kier molecular flexibility index (Phi) is 5.65. The molecule has 1 fully saturated rings. The van der Waals surface area contributed by atoms with E-state index in [0.29, 0.717) is 6.54 Å². The summed E-state index contributed by atoms with van der Waals surface area (Å²) in [6.45, 7) is 6.63. The van der Waals surface area contributed by atoms with Gasteiger partial charge in [-0.1, -0.05) is 30.3 Å². The molecule has 1 aromatic heterocycles. The van der Waals surface area contributed by atoms with Crippen LogP contribution in [-0.2, 0) is 13.6 Å². The summed E-state index contributed by atoms with van der Waals surface area (Å²) < 4.78 is 2.09. The third-order valence-electron chi connectivity index (χ3n) is 6.06. The molecule has 0 unspecified atom stereocenters. The number of carbonyl (C=O) groups is 1. The first-order valence-electron chi connectivity index (χ1n) is 10.2. The number of para-hydroxylation sites is 1. The minimum Gasteiger partial charge on any atom is -0.347 e. The van der Waals surface area contributed by atoms with Crippen LogP contribution >= 0.6 is 0 Å². The largest absolute Gasteiger partial charge is 0.347 e. The van der Waals surface area contributed by atoms with Gasteiger partial charge >= 0.3 is 0 Å². The molecule has 3 aromatic rings. The Morgan fingerprint density at radius 2 is 1.63 bits per heavy atom. The molecule has 0 spiro atoms. The lowest BCUT2D eigenvalue weighted by Gasteiger charge is -2.34. The number of piperazine rings is 1. The Hall–Kier alpha value is -3.03. The van der Waals surface area contributed by atoms with Crippen LogP contribution in [0.25, 0.3) is 10.9 Å². The Balaban J connectivity index is 1.35. The van der Waals surface area contributed by atoms with E-state index in [1.807, 2.05) is 44.3 Å². The SMILES string of the molecule is Cc1c(C(=O)CN2CCN(Cc3ccc([N+](=O)[O-])cc3)CC2)c2ccccc2n1C. The first kappa shape index (κ1) is 20.3. The number of nitro benzene ring substituents is 1. The van der Waals surface area contributed by atoms with E-state index >= 15 is 0 Å². The number of carbonyl (C=O) groups excluding carboxylic acids is 1. The summed E-state index contributed by atoms with van der Waals surface area (Å²) in [6.07, 6.45) is 0. The fraction of sp³-hybridized carbons (Fsp3) is 0.348. The van der Waals surface area contributed by atoms with Crippen LogP contribution in [0.4, 0.5) is 5.69 Å². The number of ketones is 1. The molecule has 7 heteroatoms. The fourth-order valence-corrected chi connectivity index (χ4v) is 4.24. The standard InChI is InChI=1S/C23H26N4O3/c1-17-23(20-5-3-4-6-21(20)24(17)2)22(28)16-26-13-11-25(12-14-26)15-18-7-9-19(10-8-18)27(29)30/h3-10H,11-16H2,1-2H3. The van der Waals surface area contributed by atoms with Gasteiger partial charge in [-0.3, -0.25) is 24.7 Å². The number of fused-ring (bicyclic) bond motifs is 1. The van der Waals surface area contributed by atoms with Crippen LogP contribution in [-0.4, -0.2) is 57.8 Å². The molecule has 0 amide bonds. The van der Waals surface area contributed by atoms with Crippen LogP contribution in [0.1, 0.15) is 21.6 Å². The zero-order chi connectivity index (χ0) is 21.3. The quantitative estimate of drug-likeness (QED) is 0.356. The number of nitro groups is 1. The van der Waals surface area contributed by atoms with Gasteiger partial charge in [0.2, 0.25) is 0 Å². The van der Waals surface area contributed by atoms with Crippen LogP contribution in [0.5, 0.6) is 0 Å². The van der Waals surface area contributed by atoms with Crippen molar-refractivity contribution in [2.75, 3.05) is 32.7 Å². The molecule has 0 atom stereocenters. The number of rotatable bonds is 6. The van der Waals surface area contributed by atoms with E-state index < -0.39 is 0 Å². The van der Waals surface area contributed by atoms with E-state index in [0.717, 1.165) is 60.4 Å². The summed E-state index contributed by atoms with van der Waals surface area (Å²) in [5.41, 5.74) is 4.12. The van der Waals surface area contributed by atoms with Crippen LogP contribution in [0.15, 0.2) is 48.5 Å². The highest BCUT2D eigenvalue weighted by molar-refractivity contribution is 6.10. The summed E-state index contributed by atoms with van der Waals surface area (Å²) in [5.74, 6) is 0.174. The predicted octanol–water partition coefficient (Wildman–Crippen LogP) is 3.40. The van der Waals surface area contributed by atoms with Gasteiger partial charge in [-0.05, 0) is 18.6 Å². The topological polar surface area (TPSA) is 71.6 Å². The molecule has 0 radical (unpaired) electrons. The van der Waals surface area contributed by atoms with Gasteiger partial charge in [0.25, 0.3) is 5.69 Å². The number of aromatic nitrogens is 1. The number of hydrogen-bond donors (Lipinski definition) is 0. The van der Waals surface area contributed by atoms with Gasteiger partial charge in [-0.2, -0.15) is 0 Å². The van der Waals surface area contributed by atoms with Gasteiger partial charge in [0, 0.05) is 74.1 Å². The third kappa shape index (κ3) is 3.99. The van der Waals surface area contributed by atoms with Crippen molar-refractivity contribution >= 4 is 22.4 Å². The number of hydrogen-bond acceptors (Lipinski definition) is 5. The van der Waals surface area contributed by atoms with Crippen LogP contribution < -0.4 is 0 Å². The smallest absolute Gasteiger partial charge is 0.269 e. The zero-order valence-electron chi connectivity index (χ0n) is 17.4. The maximum Gasteiger partial charge on any atom is 0.269 e. The minimum atomic E-state index is -0.378. The van der Waals surface area contributed by atoms with E-state index in [9.17, 15) is 14.9 Å². The normalized spacial score (nSPS) is 15.5. The summed E-state index contributed by atoms with van der Waals surface area (Å²) in [7, 11) is 2.01.